The third-order valence-electron chi connectivity index (χ3n) is 4.01. The van der Waals surface area contributed by atoms with E-state index in [0.717, 1.165) is 27.1 Å². The lowest BCUT2D eigenvalue weighted by molar-refractivity contribution is 0.161. The quantitative estimate of drug-likeness (QED) is 0.360. The van der Waals surface area contributed by atoms with Crippen LogP contribution in [0.3, 0.4) is 0 Å². The first-order chi connectivity index (χ1) is 13.3. The van der Waals surface area contributed by atoms with Crippen LogP contribution in [0.15, 0.2) is 58.8 Å². The Labute approximate surface area is 170 Å². The lowest BCUT2D eigenvalue weighted by Crippen LogP contribution is -2.32. The molecule has 0 aliphatic rings. The molecule has 0 saturated carbocycles. The summed E-state index contributed by atoms with van der Waals surface area (Å²) in [5, 5.41) is 18.9. The fraction of sp³-hybridized carbons (Fsp3) is 0.0556. The van der Waals surface area contributed by atoms with Gasteiger partial charge >= 0.3 is 6.03 Å². The smallest absolute Gasteiger partial charge is 0.331 e. The van der Waals surface area contributed by atoms with Crippen molar-refractivity contribution < 1.29 is 18.4 Å². The number of amides is 2. The Morgan fingerprint density at radius 3 is 2.25 bits per heavy atom. The molecule has 2 aromatic carbocycles. The maximum atomic E-state index is 11.5. The number of nitrogens with two attached hydrogens (primary N) is 1. The Morgan fingerprint density at radius 2 is 1.68 bits per heavy atom. The summed E-state index contributed by atoms with van der Waals surface area (Å²) in [5.41, 5.74) is 4.96. The van der Waals surface area contributed by atoms with Gasteiger partial charge in [0.1, 0.15) is 0 Å². The summed E-state index contributed by atoms with van der Waals surface area (Å²) in [5.74, 6) is 0. The number of sulfonamides is 1. The van der Waals surface area contributed by atoms with E-state index >= 15 is 0 Å². The number of nitrogens with one attached hydrogen (secondary N) is 2. The zero-order valence-electron chi connectivity index (χ0n) is 14.3. The second-order valence-electron chi connectivity index (χ2n) is 5.82. The molecule has 0 spiro atoms. The van der Waals surface area contributed by atoms with Crippen molar-refractivity contribution in [2.45, 2.75) is 11.4 Å². The highest BCUT2D eigenvalue weighted by Gasteiger charge is 2.17. The van der Waals surface area contributed by atoms with Crippen molar-refractivity contribution in [2.24, 2.45) is 5.14 Å². The van der Waals surface area contributed by atoms with Gasteiger partial charge in [0.2, 0.25) is 10.0 Å². The minimum atomic E-state index is -3.77. The van der Waals surface area contributed by atoms with Gasteiger partial charge in [-0.15, -0.1) is 11.3 Å². The molecule has 10 heteroatoms. The number of rotatable bonds is 5. The van der Waals surface area contributed by atoms with Gasteiger partial charge in [0, 0.05) is 21.0 Å². The molecule has 28 heavy (non-hydrogen) atoms. The Morgan fingerprint density at radius 1 is 1.07 bits per heavy atom. The van der Waals surface area contributed by atoms with E-state index in [1.807, 2.05) is 17.5 Å². The highest BCUT2D eigenvalue weighted by molar-refractivity contribution is 7.89. The van der Waals surface area contributed by atoms with Crippen LogP contribution in [0.4, 0.5) is 4.79 Å². The molecule has 0 aliphatic carbocycles. The van der Waals surface area contributed by atoms with Crippen LogP contribution in [0.25, 0.3) is 22.3 Å². The van der Waals surface area contributed by atoms with Crippen LogP contribution in [0.1, 0.15) is 4.88 Å². The highest BCUT2D eigenvalue weighted by atomic mass is 35.5. The predicted molar refractivity (Wildman–Crippen MR) is 109 cm³/mol. The third kappa shape index (κ3) is 4.51. The van der Waals surface area contributed by atoms with E-state index in [1.54, 1.807) is 24.3 Å². The number of carbonyl (C=O) groups is 1. The van der Waals surface area contributed by atoms with Crippen LogP contribution in [-0.4, -0.2) is 19.7 Å². The van der Waals surface area contributed by atoms with Gasteiger partial charge in [-0.05, 0) is 40.8 Å². The van der Waals surface area contributed by atoms with Gasteiger partial charge in [0.15, 0.2) is 0 Å². The number of benzene rings is 2. The molecule has 0 saturated heterocycles. The number of hydroxylamine groups is 1. The summed E-state index contributed by atoms with van der Waals surface area (Å²) in [6.07, 6.45) is 0. The molecule has 0 bridgehead atoms. The van der Waals surface area contributed by atoms with Crippen LogP contribution in [0.5, 0.6) is 0 Å². The number of primary sulfonamides is 1. The van der Waals surface area contributed by atoms with Crippen LogP contribution >= 0.6 is 22.9 Å². The fourth-order valence-corrected chi connectivity index (χ4v) is 4.35. The van der Waals surface area contributed by atoms with Crippen molar-refractivity contribution >= 4 is 39.0 Å². The number of hydrogen-bond acceptors (Lipinski definition) is 5. The largest absolute Gasteiger partial charge is 0.338 e. The highest BCUT2D eigenvalue weighted by Crippen LogP contribution is 2.40. The zero-order valence-corrected chi connectivity index (χ0v) is 16.7. The molecule has 7 nitrogen and oxygen atoms in total. The van der Waals surface area contributed by atoms with Gasteiger partial charge in [-0.1, -0.05) is 35.9 Å². The number of urea groups is 1. The molecule has 5 N–H and O–H groups in total. The lowest BCUT2D eigenvalue weighted by Gasteiger charge is -2.10. The number of hydrogen-bond donors (Lipinski definition) is 4. The minimum Gasteiger partial charge on any atom is -0.331 e. The molecule has 3 rings (SSSR count). The van der Waals surface area contributed by atoms with Crippen molar-refractivity contribution in [2.75, 3.05) is 0 Å². The van der Waals surface area contributed by atoms with E-state index in [2.05, 4.69) is 5.32 Å². The van der Waals surface area contributed by atoms with Gasteiger partial charge in [-0.2, -0.15) is 0 Å². The first-order valence-electron chi connectivity index (χ1n) is 7.97. The van der Waals surface area contributed by atoms with E-state index in [9.17, 15) is 13.2 Å². The summed E-state index contributed by atoms with van der Waals surface area (Å²) in [6, 6.07) is 12.8. The van der Waals surface area contributed by atoms with E-state index in [-0.39, 0.29) is 11.4 Å². The van der Waals surface area contributed by atoms with Crippen molar-refractivity contribution in [1.29, 1.82) is 0 Å². The third-order valence-corrected chi connectivity index (χ3v) is 6.17. The average Bonchev–Trinajstić information content (AvgIpc) is 3.10. The maximum Gasteiger partial charge on any atom is 0.338 e. The Bertz CT molecular complexity index is 1090. The average molecular weight is 438 g/mol. The molecule has 3 aromatic rings. The molecular weight excluding hydrogens is 422 g/mol. The topological polar surface area (TPSA) is 122 Å². The lowest BCUT2D eigenvalue weighted by atomic mass is 9.97. The molecule has 0 fully saturated rings. The van der Waals surface area contributed by atoms with Crippen LogP contribution in [-0.2, 0) is 16.6 Å². The normalized spacial score (nSPS) is 11.2. The molecule has 0 unspecified atom stereocenters. The monoisotopic (exact) mass is 437 g/mol. The van der Waals surface area contributed by atoms with Crippen molar-refractivity contribution in [3.8, 4) is 22.3 Å². The standard InChI is InChI=1S/C18H16ClN3O4S2/c19-13-5-1-12(2-6-13)17-15(10-27-16(17)9-21-18(23)22-24)11-3-7-14(8-4-11)28(20,25)26/h1-8,10,24H,9H2,(H2,20,25,26)(H2,21,22,23). The van der Waals surface area contributed by atoms with Crippen LogP contribution in [0.2, 0.25) is 5.02 Å². The van der Waals surface area contributed by atoms with Crippen molar-refractivity contribution in [3.05, 3.63) is 63.8 Å². The molecule has 2 amide bonds. The van der Waals surface area contributed by atoms with Gasteiger partial charge in [-0.3, -0.25) is 5.21 Å². The summed E-state index contributed by atoms with van der Waals surface area (Å²) >= 11 is 7.42. The van der Waals surface area contributed by atoms with Crippen molar-refractivity contribution in [1.82, 2.24) is 10.8 Å². The number of carbonyl (C=O) groups excluding carboxylic acids is 1. The minimum absolute atomic E-state index is 0.0287. The molecular formula is C18H16ClN3O4S2. The molecule has 0 radical (unpaired) electrons. The van der Waals surface area contributed by atoms with Gasteiger partial charge in [-0.25, -0.2) is 23.8 Å². The summed E-state index contributed by atoms with van der Waals surface area (Å²) in [6.45, 7) is 0.199. The Balaban J connectivity index is 2.06. The summed E-state index contributed by atoms with van der Waals surface area (Å²) in [4.78, 5) is 12.2. The fourth-order valence-electron chi connectivity index (χ4n) is 2.70. The Hall–Kier alpha value is -2.43. The number of halogens is 1. The summed E-state index contributed by atoms with van der Waals surface area (Å²) < 4.78 is 23.0. The molecule has 1 heterocycles. The van der Waals surface area contributed by atoms with Crippen molar-refractivity contribution in [3.63, 3.8) is 0 Å². The first kappa shape index (κ1) is 20.3. The van der Waals surface area contributed by atoms with Gasteiger partial charge in [0.05, 0.1) is 11.4 Å². The van der Waals surface area contributed by atoms with E-state index in [4.69, 9.17) is 21.9 Å². The molecule has 146 valence electrons. The number of thiophene rings is 1. The molecule has 0 aliphatic heterocycles. The van der Waals surface area contributed by atoms with E-state index < -0.39 is 16.1 Å². The SMILES string of the molecule is NS(=O)(=O)c1ccc(-c2csc(CNC(=O)NO)c2-c2ccc(Cl)cc2)cc1. The zero-order chi connectivity index (χ0) is 20.3. The molecule has 0 atom stereocenters. The maximum absolute atomic E-state index is 11.5. The van der Waals surface area contributed by atoms with Gasteiger partial charge in [0.25, 0.3) is 0 Å². The summed E-state index contributed by atoms with van der Waals surface area (Å²) in [7, 11) is -3.77. The predicted octanol–water partition coefficient (Wildman–Crippen LogP) is 3.57. The van der Waals surface area contributed by atoms with Gasteiger partial charge < -0.3 is 5.32 Å². The van der Waals surface area contributed by atoms with E-state index in [0.29, 0.717) is 5.02 Å². The van der Waals surface area contributed by atoms with Crippen LogP contribution in [0, 0.1) is 0 Å². The second kappa shape index (κ2) is 8.29. The van der Waals surface area contributed by atoms with E-state index in [1.165, 1.54) is 28.9 Å². The first-order valence-corrected chi connectivity index (χ1v) is 10.8. The molecule has 1 aromatic heterocycles. The second-order valence-corrected chi connectivity index (χ2v) is 8.78. The van der Waals surface area contributed by atoms with Crippen LogP contribution < -0.4 is 15.9 Å². The Kier molecular flexibility index (Phi) is 6.01.